The van der Waals surface area contributed by atoms with Crippen molar-refractivity contribution in [1.29, 1.82) is 0 Å². The minimum atomic E-state index is -4.64. The van der Waals surface area contributed by atoms with Crippen LogP contribution in [0.1, 0.15) is 155 Å². The van der Waals surface area contributed by atoms with Crippen LogP contribution in [0.3, 0.4) is 0 Å². The number of carbonyl (C=O) groups is 2. The molecule has 0 aromatic rings. The molecule has 0 rings (SSSR count). The van der Waals surface area contributed by atoms with E-state index in [2.05, 4.69) is 74.6 Å². The van der Waals surface area contributed by atoms with Crippen molar-refractivity contribution in [2.75, 3.05) is 47.5 Å². The molecule has 0 radical (unpaired) electrons. The predicted octanol–water partition coefficient (Wildman–Crippen LogP) is 11.1. The van der Waals surface area contributed by atoms with Gasteiger partial charge in [-0.2, -0.15) is 0 Å². The first kappa shape index (κ1) is 51.7. The largest absolute Gasteiger partial charge is 0.756 e. The summed E-state index contributed by atoms with van der Waals surface area (Å²) >= 11 is 0. The Hall–Kier alpha value is -2.29. The van der Waals surface area contributed by atoms with Gasteiger partial charge in [-0.1, -0.05) is 126 Å². The number of hydrogen-bond donors (Lipinski definition) is 0. The van der Waals surface area contributed by atoms with Crippen molar-refractivity contribution < 1.29 is 42.1 Å². The van der Waals surface area contributed by atoms with Gasteiger partial charge in [-0.05, 0) is 77.0 Å². The fourth-order valence-corrected chi connectivity index (χ4v) is 5.96. The fraction of sp³-hybridized carbons (Fsp3) is 0.727. The summed E-state index contributed by atoms with van der Waals surface area (Å²) in [5.41, 5.74) is 0. The number of ether oxygens (including phenoxy) is 2. The molecule has 54 heavy (non-hydrogen) atoms. The van der Waals surface area contributed by atoms with Crippen LogP contribution in [0.15, 0.2) is 60.8 Å². The molecule has 0 aromatic heterocycles. The highest BCUT2D eigenvalue weighted by Crippen LogP contribution is 2.38. The van der Waals surface area contributed by atoms with E-state index in [0.29, 0.717) is 23.9 Å². The van der Waals surface area contributed by atoms with Gasteiger partial charge in [-0.15, -0.1) is 0 Å². The second-order valence-electron chi connectivity index (χ2n) is 15.0. The van der Waals surface area contributed by atoms with Crippen molar-refractivity contribution >= 4 is 19.8 Å². The molecule has 0 fully saturated rings. The van der Waals surface area contributed by atoms with E-state index in [-0.39, 0.29) is 26.1 Å². The molecule has 0 aliphatic heterocycles. The summed E-state index contributed by atoms with van der Waals surface area (Å²) in [7, 11) is 1.13. The van der Waals surface area contributed by atoms with Gasteiger partial charge in [0, 0.05) is 12.8 Å². The van der Waals surface area contributed by atoms with E-state index < -0.39 is 32.5 Å². The molecular formula is C44H78NO8P. The van der Waals surface area contributed by atoms with Crippen molar-refractivity contribution in [2.45, 2.75) is 161 Å². The van der Waals surface area contributed by atoms with Gasteiger partial charge in [0.15, 0.2) is 6.10 Å². The summed E-state index contributed by atoms with van der Waals surface area (Å²) in [6, 6.07) is 0. The Bertz CT molecular complexity index is 1110. The van der Waals surface area contributed by atoms with E-state index >= 15 is 0 Å². The summed E-state index contributed by atoms with van der Waals surface area (Å²) in [5.74, 6) is -0.898. The van der Waals surface area contributed by atoms with Crippen molar-refractivity contribution in [3.63, 3.8) is 0 Å². The topological polar surface area (TPSA) is 111 Å². The minimum Gasteiger partial charge on any atom is -0.756 e. The lowest BCUT2D eigenvalue weighted by Gasteiger charge is -2.28. The third-order valence-corrected chi connectivity index (χ3v) is 9.49. The quantitative estimate of drug-likeness (QED) is 0.0201. The number of rotatable bonds is 37. The van der Waals surface area contributed by atoms with Crippen LogP contribution >= 0.6 is 7.82 Å². The smallest absolute Gasteiger partial charge is 0.306 e. The van der Waals surface area contributed by atoms with E-state index in [0.717, 1.165) is 70.6 Å². The number of phosphoric ester groups is 1. The third kappa shape index (κ3) is 39.4. The van der Waals surface area contributed by atoms with E-state index in [1.54, 1.807) is 0 Å². The lowest BCUT2D eigenvalue weighted by atomic mass is 10.1. The number of hydrogen-bond acceptors (Lipinski definition) is 8. The molecule has 312 valence electrons. The van der Waals surface area contributed by atoms with Crippen LogP contribution in [0.5, 0.6) is 0 Å². The Morgan fingerprint density at radius 1 is 0.593 bits per heavy atom. The molecule has 0 amide bonds. The second-order valence-corrected chi connectivity index (χ2v) is 16.4. The number of quaternary nitrogens is 1. The average Bonchev–Trinajstić information content (AvgIpc) is 3.12. The van der Waals surface area contributed by atoms with Crippen LogP contribution in [0.25, 0.3) is 0 Å². The molecule has 0 aromatic carbocycles. The highest BCUT2D eigenvalue weighted by atomic mass is 31.2. The maximum absolute atomic E-state index is 12.6. The Kier molecular flexibility index (Phi) is 34.8. The molecular weight excluding hydrogens is 701 g/mol. The zero-order valence-corrected chi connectivity index (χ0v) is 35.8. The Morgan fingerprint density at radius 2 is 1.06 bits per heavy atom. The number of esters is 2. The summed E-state index contributed by atoms with van der Waals surface area (Å²) < 4.78 is 33.8. The normalized spacial score (nSPS) is 14.3. The lowest BCUT2D eigenvalue weighted by Crippen LogP contribution is -2.37. The first-order valence-electron chi connectivity index (χ1n) is 21.0. The van der Waals surface area contributed by atoms with Crippen LogP contribution < -0.4 is 4.89 Å². The molecule has 0 N–H and O–H groups in total. The summed E-state index contributed by atoms with van der Waals surface area (Å²) in [6.45, 7) is 4.03. The molecule has 0 heterocycles. The summed E-state index contributed by atoms with van der Waals surface area (Å²) in [4.78, 5) is 37.4. The van der Waals surface area contributed by atoms with Crippen molar-refractivity contribution in [1.82, 2.24) is 0 Å². The van der Waals surface area contributed by atoms with E-state index in [4.69, 9.17) is 18.5 Å². The van der Waals surface area contributed by atoms with Gasteiger partial charge in [0.05, 0.1) is 27.7 Å². The zero-order valence-electron chi connectivity index (χ0n) is 34.9. The number of carbonyl (C=O) groups excluding carboxylic acids is 2. The van der Waals surface area contributed by atoms with Gasteiger partial charge in [-0.25, -0.2) is 0 Å². The molecule has 0 saturated carbocycles. The van der Waals surface area contributed by atoms with Gasteiger partial charge in [0.2, 0.25) is 0 Å². The van der Waals surface area contributed by atoms with Crippen LogP contribution in [0, 0.1) is 0 Å². The monoisotopic (exact) mass is 780 g/mol. The van der Waals surface area contributed by atoms with Crippen LogP contribution in [0.2, 0.25) is 0 Å². The van der Waals surface area contributed by atoms with Crippen LogP contribution in [-0.4, -0.2) is 70.0 Å². The molecule has 0 aliphatic carbocycles. The Morgan fingerprint density at radius 3 is 1.63 bits per heavy atom. The maximum Gasteiger partial charge on any atom is 0.306 e. The second kappa shape index (κ2) is 36.4. The van der Waals surface area contributed by atoms with E-state index in [1.807, 2.05) is 21.1 Å². The van der Waals surface area contributed by atoms with Crippen LogP contribution in [0.4, 0.5) is 0 Å². The Labute approximate surface area is 330 Å². The number of nitrogens with zero attached hydrogens (tertiary/aromatic N) is 1. The standard InChI is InChI=1S/C44H78NO8P/c1-6-8-10-12-14-16-18-20-22-24-26-28-30-32-34-36-43(46)50-40-42(41-52-54(48,49)51-39-38-45(3,4)5)53-44(47)37-35-33-31-29-27-25-23-21-19-17-15-13-11-9-7-2/h8,10,14,16,20-23,26,28,42H,6-7,9,11-13,15,17-19,24-25,27,29-41H2,1-5H3/b10-8-,16-14-,22-20-,23-21-,28-26-/t42-/m1/s1. The van der Waals surface area contributed by atoms with Gasteiger partial charge < -0.3 is 27.9 Å². The minimum absolute atomic E-state index is 0.0416. The van der Waals surface area contributed by atoms with E-state index in [9.17, 15) is 19.0 Å². The molecule has 9 nitrogen and oxygen atoms in total. The highest BCUT2D eigenvalue weighted by molar-refractivity contribution is 7.45. The van der Waals surface area contributed by atoms with E-state index in [1.165, 1.54) is 44.9 Å². The molecule has 1 unspecified atom stereocenters. The van der Waals surface area contributed by atoms with Gasteiger partial charge in [0.1, 0.15) is 19.8 Å². The SMILES string of the molecule is CC/C=C\C/C=C\C/C=C\C/C=C\CCCCC(=O)OC[C@H](COP(=O)([O-])OCC[N+](C)(C)C)OC(=O)CCCCCCC/C=C\CCCCCCCC. The predicted molar refractivity (Wildman–Crippen MR) is 222 cm³/mol. The Balaban J connectivity index is 4.48. The van der Waals surface area contributed by atoms with Crippen molar-refractivity contribution in [3.05, 3.63) is 60.8 Å². The molecule has 0 spiro atoms. The molecule has 0 saturated heterocycles. The summed E-state index contributed by atoms with van der Waals surface area (Å²) in [6.07, 6.45) is 42.5. The molecule has 0 bridgehead atoms. The van der Waals surface area contributed by atoms with Gasteiger partial charge in [-0.3, -0.25) is 14.2 Å². The number of allylic oxidation sites excluding steroid dienone is 10. The first-order chi connectivity index (χ1) is 26.0. The van der Waals surface area contributed by atoms with Crippen molar-refractivity contribution in [3.8, 4) is 0 Å². The highest BCUT2D eigenvalue weighted by Gasteiger charge is 2.21. The van der Waals surface area contributed by atoms with Crippen molar-refractivity contribution in [2.24, 2.45) is 0 Å². The number of phosphoric acid groups is 1. The number of likely N-dealkylation sites (N-methyl/N-ethyl adjacent to an activating group) is 1. The molecule has 0 aliphatic rings. The third-order valence-electron chi connectivity index (χ3n) is 8.52. The zero-order chi connectivity index (χ0) is 40.0. The average molecular weight is 780 g/mol. The fourth-order valence-electron chi connectivity index (χ4n) is 5.23. The van der Waals surface area contributed by atoms with Gasteiger partial charge >= 0.3 is 11.9 Å². The van der Waals surface area contributed by atoms with Crippen LogP contribution in [-0.2, 0) is 32.7 Å². The lowest BCUT2D eigenvalue weighted by molar-refractivity contribution is -0.870. The maximum atomic E-state index is 12.6. The number of unbranched alkanes of at least 4 members (excludes halogenated alkanes) is 13. The first-order valence-corrected chi connectivity index (χ1v) is 22.5. The molecule has 10 heteroatoms. The molecule has 2 atom stereocenters. The summed E-state index contributed by atoms with van der Waals surface area (Å²) in [5, 5.41) is 0. The van der Waals surface area contributed by atoms with Gasteiger partial charge in [0.25, 0.3) is 7.82 Å².